The van der Waals surface area contributed by atoms with E-state index in [1.165, 1.54) is 0 Å². The first kappa shape index (κ1) is 12.4. The van der Waals surface area contributed by atoms with Crippen LogP contribution in [-0.2, 0) is 6.54 Å². The second-order valence-corrected chi connectivity index (χ2v) is 3.87. The van der Waals surface area contributed by atoms with Gasteiger partial charge in [-0.15, -0.1) is 0 Å². The summed E-state index contributed by atoms with van der Waals surface area (Å²) in [5, 5.41) is 2.69. The zero-order valence-corrected chi connectivity index (χ0v) is 9.67. The van der Waals surface area contributed by atoms with Gasteiger partial charge in [-0.05, 0) is 18.6 Å². The minimum atomic E-state index is -1.20. The lowest BCUT2D eigenvalue weighted by molar-refractivity contribution is 0.496. The van der Waals surface area contributed by atoms with Crippen molar-refractivity contribution in [3.05, 3.63) is 59.2 Å². The summed E-state index contributed by atoms with van der Waals surface area (Å²) in [7, 11) is 0. The second kappa shape index (κ2) is 5.08. The molecule has 0 spiro atoms. The van der Waals surface area contributed by atoms with Crippen molar-refractivity contribution in [2.45, 2.75) is 13.5 Å². The highest BCUT2D eigenvalue weighted by Gasteiger charge is 2.09. The molecule has 0 radical (unpaired) electrons. The fourth-order valence-corrected chi connectivity index (χ4v) is 1.54. The molecule has 0 aliphatic rings. The van der Waals surface area contributed by atoms with E-state index in [-0.39, 0.29) is 12.2 Å². The first-order chi connectivity index (χ1) is 8.58. The monoisotopic (exact) mass is 252 g/mol. The summed E-state index contributed by atoms with van der Waals surface area (Å²) in [6.45, 7) is 2.11. The van der Waals surface area contributed by atoms with Crippen LogP contribution < -0.4 is 5.32 Å². The van der Waals surface area contributed by atoms with Crippen LogP contribution in [0.15, 0.2) is 30.5 Å². The normalized spacial score (nSPS) is 10.4. The minimum absolute atomic E-state index is 0.0843. The third-order valence-corrected chi connectivity index (χ3v) is 2.57. The summed E-state index contributed by atoms with van der Waals surface area (Å²) in [5.74, 6) is -3.12. The molecule has 0 aliphatic carbocycles. The maximum Gasteiger partial charge on any atom is 0.161 e. The van der Waals surface area contributed by atoms with E-state index in [0.29, 0.717) is 6.07 Å². The van der Waals surface area contributed by atoms with Crippen molar-refractivity contribution < 1.29 is 13.2 Å². The predicted octanol–water partition coefficient (Wildman–Crippen LogP) is 3.42. The molecule has 2 rings (SSSR count). The highest BCUT2D eigenvalue weighted by atomic mass is 19.2. The summed E-state index contributed by atoms with van der Waals surface area (Å²) in [6.07, 6.45) is 1.62. The number of hydrogen-bond donors (Lipinski definition) is 1. The van der Waals surface area contributed by atoms with Crippen molar-refractivity contribution >= 4 is 5.69 Å². The van der Waals surface area contributed by atoms with Gasteiger partial charge in [0.25, 0.3) is 0 Å². The number of hydrogen-bond acceptors (Lipinski definition) is 2. The maximum absolute atomic E-state index is 13.3. The van der Waals surface area contributed by atoms with E-state index in [1.54, 1.807) is 12.3 Å². The highest BCUT2D eigenvalue weighted by Crippen LogP contribution is 2.19. The second-order valence-electron chi connectivity index (χ2n) is 3.87. The number of benzene rings is 1. The Morgan fingerprint density at radius 1 is 1.11 bits per heavy atom. The molecule has 1 N–H and O–H groups in total. The lowest BCUT2D eigenvalue weighted by atomic mass is 10.2. The highest BCUT2D eigenvalue weighted by molar-refractivity contribution is 5.45. The molecule has 2 aromatic rings. The predicted molar refractivity (Wildman–Crippen MR) is 62.6 cm³/mol. The van der Waals surface area contributed by atoms with E-state index >= 15 is 0 Å². The van der Waals surface area contributed by atoms with Crippen LogP contribution in [-0.4, -0.2) is 4.98 Å². The van der Waals surface area contributed by atoms with Gasteiger partial charge in [0.15, 0.2) is 11.6 Å². The van der Waals surface area contributed by atoms with Gasteiger partial charge < -0.3 is 5.32 Å². The van der Waals surface area contributed by atoms with Crippen LogP contribution in [0.3, 0.4) is 0 Å². The van der Waals surface area contributed by atoms with Crippen LogP contribution in [0.1, 0.15) is 11.3 Å². The summed E-state index contributed by atoms with van der Waals surface area (Å²) >= 11 is 0. The standard InChI is InChI=1S/C13H11F3N2/c1-8-3-2-4-17-13(8)7-18-12-6-10(15)9(14)5-11(12)16/h2-6,18H,7H2,1H3. The molecule has 0 saturated heterocycles. The first-order valence-corrected chi connectivity index (χ1v) is 5.37. The van der Waals surface area contributed by atoms with Gasteiger partial charge in [0.05, 0.1) is 17.9 Å². The molecule has 0 atom stereocenters. The quantitative estimate of drug-likeness (QED) is 0.847. The summed E-state index contributed by atoms with van der Waals surface area (Å²) in [4.78, 5) is 4.11. The summed E-state index contributed by atoms with van der Waals surface area (Å²) in [6, 6.07) is 4.97. The fraction of sp³-hybridized carbons (Fsp3) is 0.154. The number of pyridine rings is 1. The molecule has 18 heavy (non-hydrogen) atoms. The van der Waals surface area contributed by atoms with E-state index < -0.39 is 17.5 Å². The minimum Gasteiger partial charge on any atom is -0.377 e. The third-order valence-electron chi connectivity index (χ3n) is 2.57. The first-order valence-electron chi connectivity index (χ1n) is 5.37. The van der Waals surface area contributed by atoms with Gasteiger partial charge in [-0.1, -0.05) is 6.07 Å². The number of nitrogens with one attached hydrogen (secondary N) is 1. The van der Waals surface area contributed by atoms with Gasteiger partial charge in [0.2, 0.25) is 0 Å². The zero-order chi connectivity index (χ0) is 13.1. The van der Waals surface area contributed by atoms with Crippen LogP contribution >= 0.6 is 0 Å². The Balaban J connectivity index is 2.16. The molecular weight excluding hydrogens is 241 g/mol. The Morgan fingerprint density at radius 2 is 1.83 bits per heavy atom. The van der Waals surface area contributed by atoms with Crippen LogP contribution in [0.5, 0.6) is 0 Å². The number of rotatable bonds is 3. The maximum atomic E-state index is 13.3. The van der Waals surface area contributed by atoms with E-state index in [0.717, 1.165) is 17.3 Å². The largest absolute Gasteiger partial charge is 0.377 e. The van der Waals surface area contributed by atoms with E-state index in [4.69, 9.17) is 0 Å². The molecule has 2 nitrogen and oxygen atoms in total. The van der Waals surface area contributed by atoms with Crippen LogP contribution in [0.4, 0.5) is 18.9 Å². The molecule has 0 unspecified atom stereocenters. The molecule has 5 heteroatoms. The molecule has 0 bridgehead atoms. The summed E-state index contributed by atoms with van der Waals surface area (Å²) < 4.78 is 39.0. The Hall–Kier alpha value is -2.04. The van der Waals surface area contributed by atoms with Gasteiger partial charge in [0.1, 0.15) is 5.82 Å². The lowest BCUT2D eigenvalue weighted by Gasteiger charge is -2.09. The molecule has 0 amide bonds. The van der Waals surface area contributed by atoms with Crippen LogP contribution in [0, 0.1) is 24.4 Å². The third kappa shape index (κ3) is 2.61. The van der Waals surface area contributed by atoms with Crippen molar-refractivity contribution in [1.29, 1.82) is 0 Å². The van der Waals surface area contributed by atoms with E-state index in [1.807, 2.05) is 13.0 Å². The smallest absolute Gasteiger partial charge is 0.161 e. The van der Waals surface area contributed by atoms with Gasteiger partial charge >= 0.3 is 0 Å². The molecular formula is C13H11F3N2. The number of aromatic nitrogens is 1. The Kier molecular flexibility index (Phi) is 3.50. The average Bonchev–Trinajstić information content (AvgIpc) is 2.34. The Morgan fingerprint density at radius 3 is 2.56 bits per heavy atom. The van der Waals surface area contributed by atoms with Crippen molar-refractivity contribution in [2.75, 3.05) is 5.32 Å². The van der Waals surface area contributed by atoms with E-state index in [9.17, 15) is 13.2 Å². The zero-order valence-electron chi connectivity index (χ0n) is 9.67. The molecule has 1 aromatic heterocycles. The van der Waals surface area contributed by atoms with Crippen molar-refractivity contribution in [1.82, 2.24) is 4.98 Å². The summed E-state index contributed by atoms with van der Waals surface area (Å²) in [5.41, 5.74) is 1.58. The SMILES string of the molecule is Cc1cccnc1CNc1cc(F)c(F)cc1F. The average molecular weight is 252 g/mol. The van der Waals surface area contributed by atoms with Crippen LogP contribution in [0.2, 0.25) is 0 Å². The van der Waals surface area contributed by atoms with Gasteiger partial charge in [0, 0.05) is 18.3 Å². The fourth-order valence-electron chi connectivity index (χ4n) is 1.54. The molecule has 1 heterocycles. The van der Waals surface area contributed by atoms with Crippen molar-refractivity contribution in [2.24, 2.45) is 0 Å². The van der Waals surface area contributed by atoms with Crippen molar-refractivity contribution in [3.8, 4) is 0 Å². The van der Waals surface area contributed by atoms with Gasteiger partial charge in [-0.2, -0.15) is 0 Å². The molecule has 94 valence electrons. The van der Waals surface area contributed by atoms with E-state index in [2.05, 4.69) is 10.3 Å². The number of halogens is 3. The Labute approximate surface area is 102 Å². The molecule has 0 aliphatic heterocycles. The van der Waals surface area contributed by atoms with Gasteiger partial charge in [-0.3, -0.25) is 4.98 Å². The number of anilines is 1. The molecule has 0 fully saturated rings. The molecule has 0 saturated carbocycles. The van der Waals surface area contributed by atoms with Crippen molar-refractivity contribution in [3.63, 3.8) is 0 Å². The van der Waals surface area contributed by atoms with Gasteiger partial charge in [-0.25, -0.2) is 13.2 Å². The number of aryl methyl sites for hydroxylation is 1. The van der Waals surface area contributed by atoms with Crippen LogP contribution in [0.25, 0.3) is 0 Å². The number of nitrogens with zero attached hydrogens (tertiary/aromatic N) is 1. The molecule has 1 aromatic carbocycles. The topological polar surface area (TPSA) is 24.9 Å². The lowest BCUT2D eigenvalue weighted by Crippen LogP contribution is -2.05. The Bertz CT molecular complexity index is 570.